The normalized spacial score (nSPS) is 23.4. The molecule has 280 valence electrons. The Balaban J connectivity index is 0.768. The SMILES string of the molecule is O=C1CCN(c2ccc(N3CCC4(CCN(CC5CCN(c6ccc([C@@H]7c8ccc(O)cc8CC[C@@H]7c7ccccc7)cc6)CC5)C4)CC3)cc2)C(=O)N1. The van der Waals surface area contributed by atoms with Crippen LogP contribution in [0, 0.1) is 11.3 Å². The number of hydrogen-bond donors (Lipinski definition) is 2. The van der Waals surface area contributed by atoms with Gasteiger partial charge in [-0.3, -0.25) is 15.0 Å². The molecule has 0 saturated carbocycles. The molecular weight excluding hydrogens is 671 g/mol. The molecule has 3 amide bonds. The molecule has 1 aliphatic carbocycles. The van der Waals surface area contributed by atoms with Crippen molar-refractivity contribution < 1.29 is 14.7 Å². The molecule has 2 atom stereocenters. The van der Waals surface area contributed by atoms with Crippen LogP contribution >= 0.6 is 0 Å². The fourth-order valence-corrected chi connectivity index (χ4v) is 10.4. The lowest BCUT2D eigenvalue weighted by Gasteiger charge is -2.41. The van der Waals surface area contributed by atoms with E-state index in [0.29, 0.717) is 30.0 Å². The fourth-order valence-electron chi connectivity index (χ4n) is 10.4. The van der Waals surface area contributed by atoms with Gasteiger partial charge in [0.05, 0.1) is 0 Å². The molecule has 0 radical (unpaired) electrons. The first-order valence-electron chi connectivity index (χ1n) is 20.3. The maximum atomic E-state index is 12.3. The zero-order chi connectivity index (χ0) is 36.6. The number of carbonyl (C=O) groups is 2. The van der Waals surface area contributed by atoms with E-state index in [9.17, 15) is 14.7 Å². The van der Waals surface area contributed by atoms with Gasteiger partial charge in [-0.1, -0.05) is 48.5 Å². The van der Waals surface area contributed by atoms with Crippen LogP contribution in [0.3, 0.4) is 0 Å². The number of piperidine rings is 2. The van der Waals surface area contributed by atoms with Crippen LogP contribution < -0.4 is 20.0 Å². The van der Waals surface area contributed by atoms with E-state index in [2.05, 4.69) is 92.8 Å². The number of phenols is 1. The molecule has 4 saturated heterocycles. The summed E-state index contributed by atoms with van der Waals surface area (Å²) < 4.78 is 0. The van der Waals surface area contributed by atoms with Crippen LogP contribution in [0.2, 0.25) is 0 Å². The monoisotopic (exact) mass is 723 g/mol. The number of urea groups is 1. The summed E-state index contributed by atoms with van der Waals surface area (Å²) in [5.74, 6) is 1.63. The Labute approximate surface area is 319 Å². The first-order chi connectivity index (χ1) is 26.4. The van der Waals surface area contributed by atoms with E-state index in [0.717, 1.165) is 50.6 Å². The second-order valence-corrected chi connectivity index (χ2v) is 16.7. The third kappa shape index (κ3) is 7.08. The Kier molecular flexibility index (Phi) is 9.56. The predicted molar refractivity (Wildman–Crippen MR) is 216 cm³/mol. The zero-order valence-corrected chi connectivity index (χ0v) is 31.3. The quantitative estimate of drug-likeness (QED) is 0.202. The molecule has 54 heavy (non-hydrogen) atoms. The molecular formula is C46H53N5O3. The standard InChI is InChI=1S/C46H53N5O3/c52-40-15-17-42-36(30-40)8-16-41(34-4-2-1-3-5-34)44(42)35-6-9-37(10-7-35)49-24-18-33(19-25-49)31-48-27-21-46(32-48)22-28-50(29-23-46)38-11-13-39(14-12-38)51-26-20-43(53)47-45(51)54/h1-7,9-15,17,30,33,41,44,52H,8,16,18-29,31-32H2,(H,47,53,54)/t41-,44+/m1/s1. The third-order valence-corrected chi connectivity index (χ3v) is 13.5. The molecule has 0 unspecified atom stereocenters. The van der Waals surface area contributed by atoms with Crippen molar-refractivity contribution in [1.29, 1.82) is 0 Å². The van der Waals surface area contributed by atoms with E-state index in [-0.39, 0.29) is 17.9 Å². The molecule has 4 heterocycles. The summed E-state index contributed by atoms with van der Waals surface area (Å²) in [7, 11) is 0. The van der Waals surface area contributed by atoms with Crippen LogP contribution in [-0.2, 0) is 11.2 Å². The van der Waals surface area contributed by atoms with Gasteiger partial charge >= 0.3 is 6.03 Å². The highest BCUT2D eigenvalue weighted by Gasteiger charge is 2.41. The Morgan fingerprint density at radius 2 is 1.33 bits per heavy atom. The molecule has 8 nitrogen and oxygen atoms in total. The maximum Gasteiger partial charge on any atom is 0.328 e. The highest BCUT2D eigenvalue weighted by atomic mass is 16.3. The number of likely N-dealkylation sites (tertiary alicyclic amines) is 1. The van der Waals surface area contributed by atoms with E-state index in [1.165, 1.54) is 85.4 Å². The minimum absolute atomic E-state index is 0.202. The van der Waals surface area contributed by atoms with Crippen molar-refractivity contribution in [3.8, 4) is 5.75 Å². The van der Waals surface area contributed by atoms with Crippen LogP contribution in [0.15, 0.2) is 97.1 Å². The third-order valence-electron chi connectivity index (χ3n) is 13.5. The van der Waals surface area contributed by atoms with Crippen LogP contribution in [0.25, 0.3) is 0 Å². The summed E-state index contributed by atoms with van der Waals surface area (Å²) in [6.45, 7) is 8.51. The molecule has 4 aromatic rings. The van der Waals surface area contributed by atoms with E-state index < -0.39 is 0 Å². The van der Waals surface area contributed by atoms with E-state index in [1.807, 2.05) is 24.3 Å². The van der Waals surface area contributed by atoms with Crippen LogP contribution in [0.1, 0.15) is 79.0 Å². The first kappa shape index (κ1) is 34.9. The number of aromatic hydroxyl groups is 1. The van der Waals surface area contributed by atoms with Crippen molar-refractivity contribution in [3.63, 3.8) is 0 Å². The summed E-state index contributed by atoms with van der Waals surface area (Å²) in [6.07, 6.45) is 8.70. The Bertz CT molecular complexity index is 1950. The Hall–Kier alpha value is -4.82. The first-order valence-corrected chi connectivity index (χ1v) is 20.3. The molecule has 8 heteroatoms. The number of benzene rings is 4. The van der Waals surface area contributed by atoms with Crippen molar-refractivity contribution in [2.45, 2.75) is 63.2 Å². The molecule has 4 aliphatic heterocycles. The minimum Gasteiger partial charge on any atom is -0.508 e. The number of carbonyl (C=O) groups excluding carboxylic acids is 2. The number of amides is 3. The van der Waals surface area contributed by atoms with Crippen molar-refractivity contribution in [1.82, 2.24) is 10.2 Å². The highest BCUT2D eigenvalue weighted by molar-refractivity contribution is 6.05. The molecule has 5 aliphatic rings. The lowest BCUT2D eigenvalue weighted by atomic mass is 9.69. The van der Waals surface area contributed by atoms with E-state index in [1.54, 1.807) is 4.90 Å². The number of aryl methyl sites for hydroxylation is 1. The van der Waals surface area contributed by atoms with Crippen LogP contribution in [-0.4, -0.2) is 74.3 Å². The summed E-state index contributed by atoms with van der Waals surface area (Å²) in [5, 5.41) is 12.6. The van der Waals surface area contributed by atoms with Crippen LogP contribution in [0.5, 0.6) is 5.75 Å². The second kappa shape index (κ2) is 14.8. The summed E-state index contributed by atoms with van der Waals surface area (Å²) >= 11 is 0. The van der Waals surface area contributed by atoms with Crippen molar-refractivity contribution >= 4 is 29.0 Å². The van der Waals surface area contributed by atoms with Gasteiger partial charge in [-0.15, -0.1) is 0 Å². The zero-order valence-electron chi connectivity index (χ0n) is 31.3. The van der Waals surface area contributed by atoms with Crippen molar-refractivity contribution in [2.75, 3.05) is 67.1 Å². The van der Waals surface area contributed by atoms with Gasteiger partial charge in [0.1, 0.15) is 5.75 Å². The smallest absolute Gasteiger partial charge is 0.328 e. The number of hydrogen-bond acceptors (Lipinski definition) is 6. The number of anilines is 3. The predicted octanol–water partition coefficient (Wildman–Crippen LogP) is 7.91. The summed E-state index contributed by atoms with van der Waals surface area (Å²) in [4.78, 5) is 33.3. The van der Waals surface area contributed by atoms with Crippen molar-refractivity contribution in [2.24, 2.45) is 11.3 Å². The van der Waals surface area contributed by atoms with Gasteiger partial charge < -0.3 is 19.8 Å². The topological polar surface area (TPSA) is 79.4 Å². The molecule has 4 aromatic carbocycles. The molecule has 9 rings (SSSR count). The van der Waals surface area contributed by atoms with Gasteiger partial charge in [-0.25, -0.2) is 4.79 Å². The van der Waals surface area contributed by atoms with E-state index >= 15 is 0 Å². The molecule has 0 bridgehead atoms. The van der Waals surface area contributed by atoms with Crippen LogP contribution in [0.4, 0.5) is 21.9 Å². The number of imide groups is 1. The number of rotatable bonds is 7. The van der Waals surface area contributed by atoms with Gasteiger partial charge in [0.15, 0.2) is 0 Å². The molecule has 1 spiro atoms. The maximum absolute atomic E-state index is 12.3. The summed E-state index contributed by atoms with van der Waals surface area (Å²) in [6, 6.07) is 34.4. The van der Waals surface area contributed by atoms with Gasteiger partial charge in [-0.05, 0) is 140 Å². The average Bonchev–Trinajstić information content (AvgIpc) is 3.59. The molecule has 2 N–H and O–H groups in total. The fraction of sp³-hybridized carbons (Fsp3) is 0.435. The average molecular weight is 724 g/mol. The lowest BCUT2D eigenvalue weighted by Crippen LogP contribution is -2.49. The lowest BCUT2D eigenvalue weighted by molar-refractivity contribution is -0.120. The molecule has 0 aromatic heterocycles. The Morgan fingerprint density at radius 1 is 0.667 bits per heavy atom. The van der Waals surface area contributed by atoms with E-state index in [4.69, 9.17) is 0 Å². The largest absolute Gasteiger partial charge is 0.508 e. The second-order valence-electron chi connectivity index (χ2n) is 16.7. The van der Waals surface area contributed by atoms with Gasteiger partial charge in [-0.2, -0.15) is 0 Å². The number of phenolic OH excluding ortho intramolecular Hbond substituents is 1. The van der Waals surface area contributed by atoms with Crippen molar-refractivity contribution in [3.05, 3.63) is 119 Å². The number of nitrogens with zero attached hydrogens (tertiary/aromatic N) is 4. The minimum atomic E-state index is -0.330. The molecule has 4 fully saturated rings. The van der Waals surface area contributed by atoms with Gasteiger partial charge in [0.25, 0.3) is 0 Å². The highest BCUT2D eigenvalue weighted by Crippen LogP contribution is 2.47. The Morgan fingerprint density at radius 3 is 2.06 bits per heavy atom. The number of nitrogens with one attached hydrogen (secondary N) is 1. The van der Waals surface area contributed by atoms with Gasteiger partial charge in [0, 0.05) is 75.2 Å². The summed E-state index contributed by atoms with van der Waals surface area (Å²) in [5.41, 5.74) is 9.24. The van der Waals surface area contributed by atoms with Gasteiger partial charge in [0.2, 0.25) is 5.91 Å². The number of fused-ring (bicyclic) bond motifs is 1.